The third-order valence-electron chi connectivity index (χ3n) is 2.73. The van der Waals surface area contributed by atoms with Crippen LogP contribution in [-0.2, 0) is 0 Å². The van der Waals surface area contributed by atoms with E-state index in [1.165, 1.54) is 0 Å². The highest BCUT2D eigenvalue weighted by molar-refractivity contribution is 6.42. The summed E-state index contributed by atoms with van der Waals surface area (Å²) in [7, 11) is 0. The first-order valence-electron chi connectivity index (χ1n) is 5.43. The molecule has 0 amide bonds. The molecule has 1 unspecified atom stereocenters. The van der Waals surface area contributed by atoms with Crippen LogP contribution in [0, 0.1) is 11.8 Å². The van der Waals surface area contributed by atoms with Gasteiger partial charge in [0.2, 0.25) is 0 Å². The Balaban J connectivity index is 2.57. The lowest BCUT2D eigenvalue weighted by Gasteiger charge is -2.20. The summed E-state index contributed by atoms with van der Waals surface area (Å²) in [4.78, 5) is 0. The number of nitrogens with one attached hydrogen (secondary N) is 1. The lowest BCUT2D eigenvalue weighted by atomic mass is 9.96. The minimum absolute atomic E-state index is 0.467. The van der Waals surface area contributed by atoms with Gasteiger partial charge in [0.25, 0.3) is 0 Å². The highest BCUT2D eigenvalue weighted by atomic mass is 35.5. The quantitative estimate of drug-likeness (QED) is 0.849. The van der Waals surface area contributed by atoms with Crippen LogP contribution >= 0.6 is 23.2 Å². The van der Waals surface area contributed by atoms with Crippen LogP contribution in [0.15, 0.2) is 18.2 Å². The van der Waals surface area contributed by atoms with Crippen molar-refractivity contribution in [3.05, 3.63) is 28.2 Å². The van der Waals surface area contributed by atoms with Gasteiger partial charge >= 0.3 is 0 Å². The molecular formula is C12H18Cl2N2. The van der Waals surface area contributed by atoms with Gasteiger partial charge in [0.1, 0.15) is 0 Å². The molecule has 4 heteroatoms. The van der Waals surface area contributed by atoms with E-state index in [-0.39, 0.29) is 0 Å². The topological polar surface area (TPSA) is 38.0 Å². The van der Waals surface area contributed by atoms with Crippen LogP contribution < -0.4 is 11.1 Å². The van der Waals surface area contributed by atoms with Gasteiger partial charge in [0.05, 0.1) is 10.0 Å². The largest absolute Gasteiger partial charge is 0.385 e. The van der Waals surface area contributed by atoms with Gasteiger partial charge in [0.15, 0.2) is 0 Å². The maximum Gasteiger partial charge on any atom is 0.0612 e. The zero-order valence-electron chi connectivity index (χ0n) is 9.63. The minimum Gasteiger partial charge on any atom is -0.385 e. The molecule has 1 aromatic carbocycles. The van der Waals surface area contributed by atoms with Crippen LogP contribution in [0.5, 0.6) is 0 Å². The van der Waals surface area contributed by atoms with Gasteiger partial charge in [-0.2, -0.15) is 0 Å². The van der Waals surface area contributed by atoms with Crippen molar-refractivity contribution in [2.45, 2.75) is 13.8 Å². The molecule has 0 aliphatic carbocycles. The first-order valence-corrected chi connectivity index (χ1v) is 6.19. The second-order valence-electron chi connectivity index (χ2n) is 4.25. The molecule has 2 nitrogen and oxygen atoms in total. The SMILES string of the molecule is CC(C)C(CN)CNc1ccc(Cl)c(Cl)c1. The summed E-state index contributed by atoms with van der Waals surface area (Å²) >= 11 is 11.8. The number of rotatable bonds is 5. The van der Waals surface area contributed by atoms with Crippen LogP contribution in [0.2, 0.25) is 10.0 Å². The van der Waals surface area contributed by atoms with Crippen molar-refractivity contribution in [2.24, 2.45) is 17.6 Å². The van der Waals surface area contributed by atoms with E-state index < -0.39 is 0 Å². The molecule has 16 heavy (non-hydrogen) atoms. The fourth-order valence-electron chi connectivity index (χ4n) is 1.45. The van der Waals surface area contributed by atoms with Crippen molar-refractivity contribution >= 4 is 28.9 Å². The Morgan fingerprint density at radius 2 is 1.94 bits per heavy atom. The Hall–Kier alpha value is -0.440. The van der Waals surface area contributed by atoms with Crippen LogP contribution in [0.25, 0.3) is 0 Å². The summed E-state index contributed by atoms with van der Waals surface area (Å²) in [6.45, 7) is 5.89. The Morgan fingerprint density at radius 1 is 1.25 bits per heavy atom. The molecule has 1 aromatic rings. The number of benzene rings is 1. The molecule has 0 aliphatic rings. The highest BCUT2D eigenvalue weighted by Crippen LogP contribution is 2.25. The fraction of sp³-hybridized carbons (Fsp3) is 0.500. The van der Waals surface area contributed by atoms with E-state index in [1.807, 2.05) is 12.1 Å². The van der Waals surface area contributed by atoms with Crippen molar-refractivity contribution in [2.75, 3.05) is 18.4 Å². The average Bonchev–Trinajstić information content (AvgIpc) is 2.23. The lowest BCUT2D eigenvalue weighted by Crippen LogP contribution is -2.27. The van der Waals surface area contributed by atoms with Crippen molar-refractivity contribution in [3.8, 4) is 0 Å². The van der Waals surface area contributed by atoms with E-state index >= 15 is 0 Å². The van der Waals surface area contributed by atoms with E-state index in [2.05, 4.69) is 19.2 Å². The number of nitrogens with two attached hydrogens (primary N) is 1. The standard InChI is InChI=1S/C12H18Cl2N2/c1-8(2)9(6-15)7-16-10-3-4-11(13)12(14)5-10/h3-5,8-9,16H,6-7,15H2,1-2H3. The summed E-state index contributed by atoms with van der Waals surface area (Å²) in [5, 5.41) is 4.47. The van der Waals surface area contributed by atoms with Crippen molar-refractivity contribution in [3.63, 3.8) is 0 Å². The van der Waals surface area contributed by atoms with Crippen LogP contribution in [0.1, 0.15) is 13.8 Å². The summed E-state index contributed by atoms with van der Waals surface area (Å²) < 4.78 is 0. The zero-order valence-corrected chi connectivity index (χ0v) is 11.1. The van der Waals surface area contributed by atoms with Crippen molar-refractivity contribution in [1.82, 2.24) is 0 Å². The van der Waals surface area contributed by atoms with Crippen LogP contribution in [0.4, 0.5) is 5.69 Å². The molecule has 0 spiro atoms. The van der Waals surface area contributed by atoms with Crippen molar-refractivity contribution < 1.29 is 0 Å². The maximum atomic E-state index is 5.93. The van der Waals surface area contributed by atoms with Gasteiger partial charge in [-0.15, -0.1) is 0 Å². The molecule has 0 fully saturated rings. The molecule has 0 radical (unpaired) electrons. The van der Waals surface area contributed by atoms with E-state index in [0.717, 1.165) is 12.2 Å². The van der Waals surface area contributed by atoms with Crippen LogP contribution in [0.3, 0.4) is 0 Å². The molecule has 1 rings (SSSR count). The number of hydrogen-bond donors (Lipinski definition) is 2. The number of anilines is 1. The zero-order chi connectivity index (χ0) is 12.1. The summed E-state index contributed by atoms with van der Waals surface area (Å²) in [5.74, 6) is 1.04. The Morgan fingerprint density at radius 3 is 2.44 bits per heavy atom. The second kappa shape index (κ2) is 6.33. The molecule has 0 bridgehead atoms. The molecule has 0 aliphatic heterocycles. The second-order valence-corrected chi connectivity index (χ2v) is 5.06. The van der Waals surface area contributed by atoms with Gasteiger partial charge in [0, 0.05) is 12.2 Å². The first kappa shape index (κ1) is 13.6. The summed E-state index contributed by atoms with van der Waals surface area (Å²) in [6.07, 6.45) is 0. The number of hydrogen-bond acceptors (Lipinski definition) is 2. The molecule has 0 heterocycles. The highest BCUT2D eigenvalue weighted by Gasteiger charge is 2.10. The lowest BCUT2D eigenvalue weighted by molar-refractivity contribution is 0.413. The monoisotopic (exact) mass is 260 g/mol. The predicted molar refractivity (Wildman–Crippen MR) is 72.3 cm³/mol. The Bertz CT molecular complexity index is 340. The van der Waals surface area contributed by atoms with E-state index in [4.69, 9.17) is 28.9 Å². The molecule has 0 saturated carbocycles. The summed E-state index contributed by atoms with van der Waals surface area (Å²) in [5.41, 5.74) is 6.68. The van der Waals surface area contributed by atoms with Gasteiger partial charge in [-0.1, -0.05) is 37.0 Å². The van der Waals surface area contributed by atoms with Crippen molar-refractivity contribution in [1.29, 1.82) is 0 Å². The fourth-order valence-corrected chi connectivity index (χ4v) is 1.74. The Kier molecular flexibility index (Phi) is 5.39. The van der Waals surface area contributed by atoms with E-state index in [9.17, 15) is 0 Å². The van der Waals surface area contributed by atoms with Gasteiger partial charge in [-0.05, 0) is 36.6 Å². The Labute approximate surface area is 107 Å². The predicted octanol–water partition coefficient (Wildman–Crippen LogP) is 3.64. The molecule has 0 saturated heterocycles. The maximum absolute atomic E-state index is 5.93. The number of halogens is 2. The third kappa shape index (κ3) is 3.85. The van der Waals surface area contributed by atoms with Gasteiger partial charge in [-0.25, -0.2) is 0 Å². The van der Waals surface area contributed by atoms with Gasteiger partial charge < -0.3 is 11.1 Å². The molecule has 90 valence electrons. The molecule has 3 N–H and O–H groups in total. The molecule has 1 atom stereocenters. The average molecular weight is 261 g/mol. The van der Waals surface area contributed by atoms with E-state index in [0.29, 0.717) is 28.4 Å². The molecular weight excluding hydrogens is 243 g/mol. The molecule has 0 aromatic heterocycles. The van der Waals surface area contributed by atoms with Gasteiger partial charge in [-0.3, -0.25) is 0 Å². The van der Waals surface area contributed by atoms with E-state index in [1.54, 1.807) is 6.07 Å². The smallest absolute Gasteiger partial charge is 0.0612 e. The first-order chi connectivity index (χ1) is 7.54. The third-order valence-corrected chi connectivity index (χ3v) is 3.47. The van der Waals surface area contributed by atoms with Crippen LogP contribution in [-0.4, -0.2) is 13.1 Å². The normalized spacial score (nSPS) is 12.9. The minimum atomic E-state index is 0.467. The summed E-state index contributed by atoms with van der Waals surface area (Å²) in [6, 6.07) is 5.54.